The number of halogens is 1. The number of ether oxygens (including phenoxy) is 2. The molecule has 2 N–H and O–H groups in total. The summed E-state index contributed by atoms with van der Waals surface area (Å²) >= 11 is 0. The highest BCUT2D eigenvalue weighted by Crippen LogP contribution is 2.52. The van der Waals surface area contributed by atoms with E-state index in [1.807, 2.05) is 6.92 Å². The Balaban J connectivity index is 2.53. The molecular weight excluding hydrogens is 221 g/mol. The smallest absolute Gasteiger partial charge is 0.169 e. The molecule has 1 unspecified atom stereocenters. The Morgan fingerprint density at radius 2 is 1.94 bits per heavy atom. The van der Waals surface area contributed by atoms with Crippen molar-refractivity contribution in [2.45, 2.75) is 31.2 Å². The fraction of sp³-hybridized carbons (Fsp3) is 0.538. The monoisotopic (exact) mass is 239 g/mol. The average molecular weight is 239 g/mol. The van der Waals surface area contributed by atoms with Crippen molar-refractivity contribution in [3.8, 4) is 11.5 Å². The summed E-state index contributed by atoms with van der Waals surface area (Å²) in [6.07, 6.45) is 1.83. The van der Waals surface area contributed by atoms with Gasteiger partial charge in [-0.2, -0.15) is 0 Å². The molecule has 0 heterocycles. The summed E-state index contributed by atoms with van der Waals surface area (Å²) in [5.74, 6) is 0.500. The zero-order valence-electron chi connectivity index (χ0n) is 10.4. The fourth-order valence-corrected chi connectivity index (χ4v) is 2.31. The largest absolute Gasteiger partial charge is 0.497 e. The molecule has 2 rings (SSSR count). The van der Waals surface area contributed by atoms with Gasteiger partial charge in [0.15, 0.2) is 11.6 Å². The van der Waals surface area contributed by atoms with Gasteiger partial charge in [0.1, 0.15) is 5.75 Å². The molecule has 0 bridgehead atoms. The summed E-state index contributed by atoms with van der Waals surface area (Å²) in [7, 11) is 3.01. The number of methoxy groups -OCH3 is 2. The Hall–Kier alpha value is -1.29. The van der Waals surface area contributed by atoms with Crippen LogP contribution in [0.15, 0.2) is 12.1 Å². The van der Waals surface area contributed by atoms with E-state index in [0.717, 1.165) is 12.8 Å². The molecular formula is C13H18FNO2. The second-order valence-corrected chi connectivity index (χ2v) is 4.64. The lowest BCUT2D eigenvalue weighted by Gasteiger charge is -2.22. The van der Waals surface area contributed by atoms with Crippen LogP contribution in [0.3, 0.4) is 0 Å². The molecule has 1 fully saturated rings. The lowest BCUT2D eigenvalue weighted by atomic mass is 9.88. The van der Waals surface area contributed by atoms with E-state index in [2.05, 4.69) is 0 Å². The summed E-state index contributed by atoms with van der Waals surface area (Å²) in [5, 5.41) is 0. The molecule has 1 atom stereocenters. The van der Waals surface area contributed by atoms with Gasteiger partial charge >= 0.3 is 0 Å². The SMILES string of the molecule is COc1cc(OC)c(F)c(C2(C(C)N)CC2)c1. The Morgan fingerprint density at radius 1 is 1.29 bits per heavy atom. The average Bonchev–Trinajstić information content (AvgIpc) is 3.10. The van der Waals surface area contributed by atoms with Gasteiger partial charge in [-0.05, 0) is 25.8 Å². The second-order valence-electron chi connectivity index (χ2n) is 4.64. The molecule has 1 aromatic rings. The number of hydrogen-bond acceptors (Lipinski definition) is 3. The maximum absolute atomic E-state index is 14.2. The molecule has 17 heavy (non-hydrogen) atoms. The van der Waals surface area contributed by atoms with Crippen LogP contribution >= 0.6 is 0 Å². The van der Waals surface area contributed by atoms with Crippen LogP contribution in [0, 0.1) is 5.82 Å². The van der Waals surface area contributed by atoms with Crippen molar-refractivity contribution < 1.29 is 13.9 Å². The van der Waals surface area contributed by atoms with Crippen LogP contribution in [0.2, 0.25) is 0 Å². The van der Waals surface area contributed by atoms with Crippen LogP contribution < -0.4 is 15.2 Å². The van der Waals surface area contributed by atoms with E-state index < -0.39 is 0 Å². The Bertz CT molecular complexity index is 428. The molecule has 0 saturated heterocycles. The van der Waals surface area contributed by atoms with Gasteiger partial charge in [0.2, 0.25) is 0 Å². The molecule has 0 spiro atoms. The van der Waals surface area contributed by atoms with Crippen molar-refractivity contribution in [2.75, 3.05) is 14.2 Å². The fourth-order valence-electron chi connectivity index (χ4n) is 2.31. The quantitative estimate of drug-likeness (QED) is 0.876. The molecule has 0 radical (unpaired) electrons. The van der Waals surface area contributed by atoms with E-state index in [1.165, 1.54) is 7.11 Å². The minimum atomic E-state index is -0.317. The van der Waals surface area contributed by atoms with Crippen LogP contribution in [-0.2, 0) is 5.41 Å². The molecule has 94 valence electrons. The maximum Gasteiger partial charge on any atom is 0.169 e. The summed E-state index contributed by atoms with van der Waals surface area (Å²) < 4.78 is 24.5. The second kappa shape index (κ2) is 4.18. The molecule has 1 aliphatic carbocycles. The van der Waals surface area contributed by atoms with Crippen LogP contribution in [0.4, 0.5) is 4.39 Å². The summed E-state index contributed by atoms with van der Waals surface area (Å²) in [5.41, 5.74) is 6.34. The molecule has 1 saturated carbocycles. The zero-order chi connectivity index (χ0) is 12.6. The molecule has 0 aliphatic heterocycles. The first-order valence-electron chi connectivity index (χ1n) is 5.72. The predicted octanol–water partition coefficient (Wildman–Crippen LogP) is 2.22. The summed E-state index contributed by atoms with van der Waals surface area (Å²) in [4.78, 5) is 0. The first kappa shape index (κ1) is 12.2. The minimum Gasteiger partial charge on any atom is -0.497 e. The van der Waals surface area contributed by atoms with Gasteiger partial charge in [-0.25, -0.2) is 4.39 Å². The topological polar surface area (TPSA) is 44.5 Å². The molecule has 0 amide bonds. The number of benzene rings is 1. The van der Waals surface area contributed by atoms with Crippen molar-refractivity contribution >= 4 is 0 Å². The standard InChI is InChI=1S/C13H18FNO2/c1-8(15)13(4-5-13)10-6-9(16-2)7-11(17-3)12(10)14/h6-8H,4-5,15H2,1-3H3. The van der Waals surface area contributed by atoms with Gasteiger partial charge in [-0.3, -0.25) is 0 Å². The van der Waals surface area contributed by atoms with Crippen molar-refractivity contribution in [3.63, 3.8) is 0 Å². The molecule has 1 aromatic carbocycles. The van der Waals surface area contributed by atoms with Crippen LogP contribution in [0.25, 0.3) is 0 Å². The van der Waals surface area contributed by atoms with Gasteiger partial charge in [0.25, 0.3) is 0 Å². The van der Waals surface area contributed by atoms with E-state index in [-0.39, 0.29) is 23.0 Å². The molecule has 3 nitrogen and oxygen atoms in total. The Labute approximate surface area is 101 Å². The van der Waals surface area contributed by atoms with Crippen molar-refractivity contribution in [2.24, 2.45) is 5.73 Å². The van der Waals surface area contributed by atoms with Crippen molar-refractivity contribution in [3.05, 3.63) is 23.5 Å². The zero-order valence-corrected chi connectivity index (χ0v) is 10.4. The highest BCUT2D eigenvalue weighted by atomic mass is 19.1. The third-order valence-corrected chi connectivity index (χ3v) is 3.67. The van der Waals surface area contributed by atoms with Gasteiger partial charge in [0.05, 0.1) is 14.2 Å². The minimum absolute atomic E-state index is 0.0752. The maximum atomic E-state index is 14.2. The van der Waals surface area contributed by atoms with Gasteiger partial charge in [0, 0.05) is 23.1 Å². The third-order valence-electron chi connectivity index (χ3n) is 3.67. The van der Waals surface area contributed by atoms with Crippen molar-refractivity contribution in [1.29, 1.82) is 0 Å². The van der Waals surface area contributed by atoms with E-state index in [4.69, 9.17) is 15.2 Å². The third kappa shape index (κ3) is 1.86. The molecule has 0 aromatic heterocycles. The normalized spacial score (nSPS) is 18.6. The highest BCUT2D eigenvalue weighted by molar-refractivity contribution is 5.46. The summed E-state index contributed by atoms with van der Waals surface area (Å²) in [6.45, 7) is 1.92. The first-order chi connectivity index (χ1) is 8.05. The van der Waals surface area contributed by atoms with Gasteiger partial charge < -0.3 is 15.2 Å². The lowest BCUT2D eigenvalue weighted by molar-refractivity contribution is 0.366. The number of nitrogens with two attached hydrogens (primary N) is 1. The van der Waals surface area contributed by atoms with Crippen LogP contribution in [0.1, 0.15) is 25.3 Å². The number of hydrogen-bond donors (Lipinski definition) is 1. The van der Waals surface area contributed by atoms with E-state index in [0.29, 0.717) is 11.3 Å². The molecule has 1 aliphatic rings. The van der Waals surface area contributed by atoms with Crippen LogP contribution in [0.5, 0.6) is 11.5 Å². The van der Waals surface area contributed by atoms with Gasteiger partial charge in [-0.15, -0.1) is 0 Å². The summed E-state index contributed by atoms with van der Waals surface area (Å²) in [6, 6.07) is 3.21. The van der Waals surface area contributed by atoms with E-state index >= 15 is 0 Å². The Morgan fingerprint density at radius 3 is 2.35 bits per heavy atom. The number of rotatable bonds is 4. The predicted molar refractivity (Wildman–Crippen MR) is 64.1 cm³/mol. The lowest BCUT2D eigenvalue weighted by Crippen LogP contribution is -2.32. The van der Waals surface area contributed by atoms with Gasteiger partial charge in [-0.1, -0.05) is 0 Å². The van der Waals surface area contributed by atoms with E-state index in [9.17, 15) is 4.39 Å². The highest BCUT2D eigenvalue weighted by Gasteiger charge is 2.49. The molecule has 4 heteroatoms. The van der Waals surface area contributed by atoms with Crippen LogP contribution in [-0.4, -0.2) is 20.3 Å². The first-order valence-corrected chi connectivity index (χ1v) is 5.72. The van der Waals surface area contributed by atoms with E-state index in [1.54, 1.807) is 19.2 Å². The van der Waals surface area contributed by atoms with Crippen molar-refractivity contribution in [1.82, 2.24) is 0 Å². The Kier molecular flexibility index (Phi) is 3.00.